The van der Waals surface area contributed by atoms with Crippen molar-refractivity contribution in [3.8, 4) is 5.75 Å². The minimum absolute atomic E-state index is 0.439. The van der Waals surface area contributed by atoms with Gasteiger partial charge in [-0.25, -0.2) is 9.50 Å². The van der Waals surface area contributed by atoms with Crippen LogP contribution in [0.4, 0.5) is 0 Å². The van der Waals surface area contributed by atoms with Crippen LogP contribution >= 0.6 is 0 Å². The summed E-state index contributed by atoms with van der Waals surface area (Å²) in [6, 6.07) is 3.80. The van der Waals surface area contributed by atoms with Crippen LogP contribution < -0.4 is 10.1 Å². The van der Waals surface area contributed by atoms with Crippen LogP contribution in [0.3, 0.4) is 0 Å². The van der Waals surface area contributed by atoms with Crippen molar-refractivity contribution in [1.29, 1.82) is 0 Å². The molecule has 0 aliphatic carbocycles. The van der Waals surface area contributed by atoms with Crippen molar-refractivity contribution in [1.82, 2.24) is 19.9 Å². The van der Waals surface area contributed by atoms with Crippen LogP contribution in [0.5, 0.6) is 5.75 Å². The first kappa shape index (κ1) is 10.5. The van der Waals surface area contributed by atoms with Crippen molar-refractivity contribution >= 4 is 5.65 Å². The lowest BCUT2D eigenvalue weighted by atomic mass is 9.99. The molecule has 2 aromatic heterocycles. The zero-order valence-electron chi connectivity index (χ0n) is 9.89. The highest BCUT2D eigenvalue weighted by Gasteiger charge is 2.19. The van der Waals surface area contributed by atoms with Gasteiger partial charge in [0.25, 0.3) is 0 Å². The standard InChI is InChI=1S/C12H16N4O/c1-17-10-4-6-16-11(7-10)14-12(15-16)9-3-2-5-13-8-9/h4,6-7,9,13H,2-3,5,8H2,1H3. The number of pyridine rings is 1. The van der Waals surface area contributed by atoms with E-state index in [-0.39, 0.29) is 0 Å². The summed E-state index contributed by atoms with van der Waals surface area (Å²) in [5.41, 5.74) is 0.852. The Balaban J connectivity index is 1.95. The molecule has 90 valence electrons. The van der Waals surface area contributed by atoms with Crippen LogP contribution in [-0.4, -0.2) is 34.8 Å². The van der Waals surface area contributed by atoms with E-state index in [1.807, 2.05) is 22.8 Å². The zero-order valence-corrected chi connectivity index (χ0v) is 9.89. The third-order valence-electron chi connectivity index (χ3n) is 3.22. The minimum atomic E-state index is 0.439. The molecule has 1 aliphatic rings. The lowest BCUT2D eigenvalue weighted by Crippen LogP contribution is -2.28. The van der Waals surface area contributed by atoms with Gasteiger partial charge in [-0.1, -0.05) is 0 Å². The molecule has 17 heavy (non-hydrogen) atoms. The molecule has 0 saturated carbocycles. The van der Waals surface area contributed by atoms with Gasteiger partial charge in [-0.05, 0) is 25.5 Å². The lowest BCUT2D eigenvalue weighted by Gasteiger charge is -2.19. The molecule has 3 rings (SSSR count). The Kier molecular flexibility index (Phi) is 2.68. The van der Waals surface area contributed by atoms with E-state index in [0.717, 1.165) is 30.3 Å². The highest BCUT2D eigenvalue weighted by molar-refractivity contribution is 5.43. The summed E-state index contributed by atoms with van der Waals surface area (Å²) >= 11 is 0. The second kappa shape index (κ2) is 4.33. The summed E-state index contributed by atoms with van der Waals surface area (Å²) in [6.07, 6.45) is 4.26. The number of rotatable bonds is 2. The third kappa shape index (κ3) is 1.98. The fourth-order valence-corrected chi connectivity index (χ4v) is 2.25. The van der Waals surface area contributed by atoms with Crippen LogP contribution in [0.2, 0.25) is 0 Å². The first-order chi connectivity index (χ1) is 8.36. The predicted molar refractivity (Wildman–Crippen MR) is 64.4 cm³/mol. The number of piperidine rings is 1. The SMILES string of the molecule is COc1ccn2nc(C3CCCNC3)nc2c1. The summed E-state index contributed by atoms with van der Waals surface area (Å²) in [4.78, 5) is 4.58. The monoisotopic (exact) mass is 232 g/mol. The van der Waals surface area contributed by atoms with Gasteiger partial charge in [0.15, 0.2) is 11.5 Å². The number of hydrogen-bond donors (Lipinski definition) is 1. The van der Waals surface area contributed by atoms with E-state index in [0.29, 0.717) is 5.92 Å². The van der Waals surface area contributed by atoms with Crippen molar-refractivity contribution in [2.24, 2.45) is 0 Å². The smallest absolute Gasteiger partial charge is 0.159 e. The molecule has 5 heteroatoms. The van der Waals surface area contributed by atoms with E-state index < -0.39 is 0 Å². The van der Waals surface area contributed by atoms with E-state index in [1.165, 1.54) is 12.8 Å². The van der Waals surface area contributed by atoms with Gasteiger partial charge in [-0.3, -0.25) is 0 Å². The van der Waals surface area contributed by atoms with Crippen LogP contribution in [0.1, 0.15) is 24.6 Å². The molecular formula is C12H16N4O. The maximum atomic E-state index is 5.18. The van der Waals surface area contributed by atoms with Crippen molar-refractivity contribution in [2.75, 3.05) is 20.2 Å². The topological polar surface area (TPSA) is 51.5 Å². The van der Waals surface area contributed by atoms with Crippen molar-refractivity contribution < 1.29 is 4.74 Å². The molecule has 1 unspecified atom stereocenters. The van der Waals surface area contributed by atoms with E-state index >= 15 is 0 Å². The van der Waals surface area contributed by atoms with Gasteiger partial charge in [0.05, 0.1) is 7.11 Å². The number of aromatic nitrogens is 3. The summed E-state index contributed by atoms with van der Waals surface area (Å²) in [7, 11) is 1.66. The molecule has 0 radical (unpaired) electrons. The van der Waals surface area contributed by atoms with Crippen molar-refractivity contribution in [3.63, 3.8) is 0 Å². The molecule has 1 fully saturated rings. The number of ether oxygens (including phenoxy) is 1. The second-order valence-corrected chi connectivity index (χ2v) is 4.38. The molecule has 3 heterocycles. The summed E-state index contributed by atoms with van der Waals surface area (Å²) in [6.45, 7) is 2.09. The fourth-order valence-electron chi connectivity index (χ4n) is 2.25. The number of nitrogens with zero attached hydrogens (tertiary/aromatic N) is 3. The molecular weight excluding hydrogens is 216 g/mol. The first-order valence-electron chi connectivity index (χ1n) is 5.98. The molecule has 1 atom stereocenters. The Hall–Kier alpha value is -1.62. The Morgan fingerprint density at radius 1 is 1.53 bits per heavy atom. The van der Waals surface area contributed by atoms with E-state index in [1.54, 1.807) is 7.11 Å². The zero-order chi connectivity index (χ0) is 11.7. The van der Waals surface area contributed by atoms with Gasteiger partial charge < -0.3 is 10.1 Å². The van der Waals surface area contributed by atoms with Crippen LogP contribution in [-0.2, 0) is 0 Å². The van der Waals surface area contributed by atoms with Gasteiger partial charge in [-0.2, -0.15) is 5.10 Å². The number of nitrogens with one attached hydrogen (secondary N) is 1. The van der Waals surface area contributed by atoms with Crippen molar-refractivity contribution in [3.05, 3.63) is 24.2 Å². The largest absolute Gasteiger partial charge is 0.497 e. The first-order valence-corrected chi connectivity index (χ1v) is 5.98. The maximum absolute atomic E-state index is 5.18. The third-order valence-corrected chi connectivity index (χ3v) is 3.22. The van der Waals surface area contributed by atoms with E-state index in [2.05, 4.69) is 15.4 Å². The summed E-state index contributed by atoms with van der Waals surface area (Å²) < 4.78 is 7.00. The molecule has 2 aromatic rings. The average molecular weight is 232 g/mol. The van der Waals surface area contributed by atoms with Gasteiger partial charge in [0.1, 0.15) is 5.75 Å². The average Bonchev–Trinajstić information content (AvgIpc) is 2.82. The van der Waals surface area contributed by atoms with Gasteiger partial charge in [0, 0.05) is 24.7 Å². The molecule has 0 spiro atoms. The molecule has 0 bridgehead atoms. The Morgan fingerprint density at radius 2 is 2.47 bits per heavy atom. The molecule has 0 amide bonds. The molecule has 1 aliphatic heterocycles. The molecule has 1 saturated heterocycles. The molecule has 1 N–H and O–H groups in total. The highest BCUT2D eigenvalue weighted by atomic mass is 16.5. The molecule has 5 nitrogen and oxygen atoms in total. The van der Waals surface area contributed by atoms with Gasteiger partial charge in [0.2, 0.25) is 0 Å². The van der Waals surface area contributed by atoms with Gasteiger partial charge >= 0.3 is 0 Å². The minimum Gasteiger partial charge on any atom is -0.497 e. The summed E-state index contributed by atoms with van der Waals surface area (Å²) in [5.74, 6) is 2.19. The lowest BCUT2D eigenvalue weighted by molar-refractivity contribution is 0.414. The second-order valence-electron chi connectivity index (χ2n) is 4.38. The number of fused-ring (bicyclic) bond motifs is 1. The van der Waals surface area contributed by atoms with Crippen LogP contribution in [0.25, 0.3) is 5.65 Å². The highest BCUT2D eigenvalue weighted by Crippen LogP contribution is 2.21. The number of methoxy groups -OCH3 is 1. The normalized spacial score (nSPS) is 20.6. The maximum Gasteiger partial charge on any atom is 0.159 e. The van der Waals surface area contributed by atoms with Crippen LogP contribution in [0.15, 0.2) is 18.3 Å². The fraction of sp³-hybridized carbons (Fsp3) is 0.500. The Bertz CT molecular complexity index is 516. The predicted octanol–water partition coefficient (Wildman–Crippen LogP) is 1.20. The van der Waals surface area contributed by atoms with E-state index in [9.17, 15) is 0 Å². The van der Waals surface area contributed by atoms with Crippen LogP contribution in [0, 0.1) is 0 Å². The molecule has 0 aromatic carbocycles. The van der Waals surface area contributed by atoms with Crippen molar-refractivity contribution in [2.45, 2.75) is 18.8 Å². The van der Waals surface area contributed by atoms with E-state index in [4.69, 9.17) is 4.74 Å². The number of hydrogen-bond acceptors (Lipinski definition) is 4. The Labute approximate surface area is 99.8 Å². The quantitative estimate of drug-likeness (QED) is 0.845. The Morgan fingerprint density at radius 3 is 3.24 bits per heavy atom. The van der Waals surface area contributed by atoms with Gasteiger partial charge in [-0.15, -0.1) is 0 Å². The summed E-state index contributed by atoms with van der Waals surface area (Å²) in [5, 5.41) is 7.91.